The van der Waals surface area contributed by atoms with Gasteiger partial charge in [0.2, 0.25) is 0 Å². The number of likely N-dealkylation sites (tertiary alicyclic amines) is 1. The van der Waals surface area contributed by atoms with Gasteiger partial charge in [-0.1, -0.05) is 0 Å². The second-order valence-electron chi connectivity index (χ2n) is 8.84. The number of carbonyl (C=O) groups is 1. The third-order valence-electron chi connectivity index (χ3n) is 4.96. The number of rotatable bonds is 8. The van der Waals surface area contributed by atoms with Crippen molar-refractivity contribution in [1.29, 1.82) is 0 Å². The van der Waals surface area contributed by atoms with Crippen LogP contribution in [0.25, 0.3) is 0 Å². The Hall–Kier alpha value is -2.29. The quantitative estimate of drug-likeness (QED) is 0.655. The molecule has 9 heteroatoms. The first-order valence-corrected chi connectivity index (χ1v) is 10.2. The first-order chi connectivity index (χ1) is 14.1. The zero-order valence-electron chi connectivity index (χ0n) is 17.6. The van der Waals surface area contributed by atoms with E-state index in [0.717, 1.165) is 12.8 Å². The second-order valence-corrected chi connectivity index (χ2v) is 8.84. The first kappa shape index (κ1) is 22.4. The lowest BCUT2D eigenvalue weighted by Crippen LogP contribution is -2.41. The predicted octanol–water partition coefficient (Wildman–Crippen LogP) is 3.86. The lowest BCUT2D eigenvalue weighted by molar-refractivity contribution is -0.0515. The van der Waals surface area contributed by atoms with E-state index in [2.05, 4.69) is 10.1 Å². The van der Waals surface area contributed by atoms with Crippen molar-refractivity contribution in [1.82, 2.24) is 4.90 Å². The number of halogens is 2. The third-order valence-corrected chi connectivity index (χ3v) is 4.96. The first-order valence-electron chi connectivity index (χ1n) is 10.2. The molecule has 0 aromatic heterocycles. The summed E-state index contributed by atoms with van der Waals surface area (Å²) in [4.78, 5) is 14.0. The molecule has 1 aromatic carbocycles. The normalized spacial score (nSPS) is 21.6. The number of aliphatic hydroxyl groups is 1. The van der Waals surface area contributed by atoms with Crippen molar-refractivity contribution < 1.29 is 32.9 Å². The minimum atomic E-state index is -2.94. The molecule has 1 aromatic rings. The maximum Gasteiger partial charge on any atom is 0.410 e. The third kappa shape index (κ3) is 6.35. The van der Waals surface area contributed by atoms with Crippen LogP contribution in [0.5, 0.6) is 11.5 Å². The molecule has 2 aliphatic rings. The molecule has 1 amide bonds. The summed E-state index contributed by atoms with van der Waals surface area (Å²) in [7, 11) is 0. The highest BCUT2D eigenvalue weighted by Gasteiger charge is 2.37. The minimum absolute atomic E-state index is 0.00811. The highest BCUT2D eigenvalue weighted by molar-refractivity contribution is 5.69. The Morgan fingerprint density at radius 3 is 2.63 bits per heavy atom. The number of ether oxygens (including phenoxy) is 3. The molecule has 0 unspecified atom stereocenters. The van der Waals surface area contributed by atoms with Gasteiger partial charge in [0.25, 0.3) is 0 Å². The Labute approximate surface area is 175 Å². The monoisotopic (exact) mass is 428 g/mol. The van der Waals surface area contributed by atoms with Crippen LogP contribution in [0.4, 0.5) is 19.3 Å². The molecule has 1 saturated heterocycles. The highest BCUT2D eigenvalue weighted by atomic mass is 19.3. The van der Waals surface area contributed by atoms with Crippen molar-refractivity contribution in [3.05, 3.63) is 18.2 Å². The van der Waals surface area contributed by atoms with Crippen LogP contribution in [0.15, 0.2) is 18.2 Å². The number of aliphatic hydroxyl groups excluding tert-OH is 1. The van der Waals surface area contributed by atoms with E-state index in [4.69, 9.17) is 9.47 Å². The summed E-state index contributed by atoms with van der Waals surface area (Å²) in [6.45, 7) is 3.08. The van der Waals surface area contributed by atoms with Gasteiger partial charge in [-0.15, -0.1) is 0 Å². The number of nitrogens with zero attached hydrogens (tertiary/aromatic N) is 1. The number of hydrogen-bond donors (Lipinski definition) is 2. The number of hydrogen-bond acceptors (Lipinski definition) is 6. The summed E-state index contributed by atoms with van der Waals surface area (Å²) in [6, 6.07) is 4.22. The van der Waals surface area contributed by atoms with Crippen LogP contribution < -0.4 is 14.8 Å². The van der Waals surface area contributed by atoms with E-state index in [1.807, 2.05) is 0 Å². The van der Waals surface area contributed by atoms with Gasteiger partial charge in [-0.05, 0) is 58.1 Å². The van der Waals surface area contributed by atoms with Crippen LogP contribution in [-0.2, 0) is 4.74 Å². The van der Waals surface area contributed by atoms with Gasteiger partial charge in [0.15, 0.2) is 11.5 Å². The van der Waals surface area contributed by atoms with Crippen molar-refractivity contribution in [2.24, 2.45) is 5.92 Å². The van der Waals surface area contributed by atoms with Gasteiger partial charge in [-0.25, -0.2) is 4.79 Å². The number of benzene rings is 1. The van der Waals surface area contributed by atoms with E-state index >= 15 is 0 Å². The van der Waals surface area contributed by atoms with Crippen LogP contribution in [0.1, 0.15) is 40.0 Å². The summed E-state index contributed by atoms with van der Waals surface area (Å²) in [5.41, 5.74) is 0.0341. The van der Waals surface area contributed by atoms with Crippen molar-refractivity contribution in [3.63, 3.8) is 0 Å². The average molecular weight is 428 g/mol. The van der Waals surface area contributed by atoms with E-state index in [9.17, 15) is 18.7 Å². The molecule has 0 radical (unpaired) electrons. The van der Waals surface area contributed by atoms with E-state index in [1.165, 1.54) is 11.0 Å². The van der Waals surface area contributed by atoms with Crippen LogP contribution >= 0.6 is 0 Å². The van der Waals surface area contributed by atoms with Crippen LogP contribution in [0.2, 0.25) is 0 Å². The Kier molecular flexibility index (Phi) is 6.90. The van der Waals surface area contributed by atoms with Gasteiger partial charge in [-0.2, -0.15) is 8.78 Å². The molecule has 2 fully saturated rings. The number of amides is 1. The molecule has 2 N–H and O–H groups in total. The number of alkyl halides is 2. The summed E-state index contributed by atoms with van der Waals surface area (Å²) in [5.74, 6) is 0.711. The number of anilines is 1. The molecule has 1 saturated carbocycles. The standard InChI is InChI=1S/C21H30F2N2O5/c1-21(2,3)30-20(27)25-10-15(8-16(25)11-26)24-14-6-7-17(29-19(22)23)18(9-14)28-12-13-4-5-13/h6-7,9,13,15-16,19,24,26H,4-5,8,10-12H2,1-3H3/t15-,16-/m0/s1. The van der Waals surface area contributed by atoms with Gasteiger partial charge in [-0.3, -0.25) is 0 Å². The van der Waals surface area contributed by atoms with E-state index in [0.29, 0.717) is 31.2 Å². The van der Waals surface area contributed by atoms with Crippen LogP contribution in [0, 0.1) is 5.92 Å². The van der Waals surface area contributed by atoms with Crippen molar-refractivity contribution >= 4 is 11.8 Å². The predicted molar refractivity (Wildman–Crippen MR) is 107 cm³/mol. The molecule has 0 spiro atoms. The maximum atomic E-state index is 12.7. The lowest BCUT2D eigenvalue weighted by atomic mass is 10.1. The molecule has 7 nitrogen and oxygen atoms in total. The molecule has 1 aliphatic carbocycles. The Morgan fingerprint density at radius 2 is 2.03 bits per heavy atom. The summed E-state index contributed by atoms with van der Waals surface area (Å²) in [6.07, 6.45) is 2.21. The molecule has 30 heavy (non-hydrogen) atoms. The summed E-state index contributed by atoms with van der Waals surface area (Å²) < 4.78 is 41.1. The molecule has 1 aliphatic heterocycles. The fourth-order valence-corrected chi connectivity index (χ4v) is 3.37. The maximum absolute atomic E-state index is 12.7. The molecule has 0 bridgehead atoms. The largest absolute Gasteiger partial charge is 0.489 e. The van der Waals surface area contributed by atoms with Gasteiger partial charge < -0.3 is 29.5 Å². The van der Waals surface area contributed by atoms with E-state index in [-0.39, 0.29) is 30.2 Å². The lowest BCUT2D eigenvalue weighted by Gasteiger charge is -2.27. The second kappa shape index (κ2) is 9.24. The van der Waals surface area contributed by atoms with Gasteiger partial charge in [0.05, 0.1) is 19.3 Å². The van der Waals surface area contributed by atoms with Crippen LogP contribution in [0.3, 0.4) is 0 Å². The SMILES string of the molecule is CC(C)(C)OC(=O)N1C[C@@H](Nc2ccc(OC(F)F)c(OCC3CC3)c2)C[C@H]1CO. The van der Waals surface area contributed by atoms with Crippen molar-refractivity contribution in [3.8, 4) is 11.5 Å². The molecular formula is C21H30F2N2O5. The Bertz CT molecular complexity index is 737. The fraction of sp³-hybridized carbons (Fsp3) is 0.667. The summed E-state index contributed by atoms with van der Waals surface area (Å²) in [5, 5.41) is 13.0. The Morgan fingerprint density at radius 1 is 1.30 bits per heavy atom. The van der Waals surface area contributed by atoms with Gasteiger partial charge in [0, 0.05) is 24.3 Å². The van der Waals surface area contributed by atoms with E-state index < -0.39 is 18.3 Å². The van der Waals surface area contributed by atoms with Crippen LogP contribution in [-0.4, -0.2) is 60.2 Å². The smallest absolute Gasteiger partial charge is 0.410 e. The zero-order valence-corrected chi connectivity index (χ0v) is 17.6. The summed E-state index contributed by atoms with van der Waals surface area (Å²) >= 11 is 0. The van der Waals surface area contributed by atoms with Crippen molar-refractivity contribution in [2.45, 2.75) is 64.3 Å². The van der Waals surface area contributed by atoms with Crippen molar-refractivity contribution in [2.75, 3.05) is 25.1 Å². The highest BCUT2D eigenvalue weighted by Crippen LogP contribution is 2.36. The number of carbonyl (C=O) groups excluding carboxylic acids is 1. The van der Waals surface area contributed by atoms with Gasteiger partial charge >= 0.3 is 12.7 Å². The molecule has 1 heterocycles. The topological polar surface area (TPSA) is 80.3 Å². The molecule has 3 rings (SSSR count). The molecule has 2 atom stereocenters. The minimum Gasteiger partial charge on any atom is -0.489 e. The molecular weight excluding hydrogens is 398 g/mol. The van der Waals surface area contributed by atoms with E-state index in [1.54, 1.807) is 32.9 Å². The fourth-order valence-electron chi connectivity index (χ4n) is 3.37. The zero-order chi connectivity index (χ0) is 21.9. The van der Waals surface area contributed by atoms with Gasteiger partial charge in [0.1, 0.15) is 5.60 Å². The number of nitrogens with one attached hydrogen (secondary N) is 1. The average Bonchev–Trinajstić information content (AvgIpc) is 3.38. The Balaban J connectivity index is 1.67. The molecule has 168 valence electrons.